The van der Waals surface area contributed by atoms with Crippen LogP contribution in [-0.2, 0) is 16.0 Å². The lowest BCUT2D eigenvalue weighted by molar-refractivity contribution is -0.128. The van der Waals surface area contributed by atoms with E-state index in [1.54, 1.807) is 36.3 Å². The molecule has 1 atom stereocenters. The molecule has 178 valence electrons. The van der Waals surface area contributed by atoms with E-state index in [-0.39, 0.29) is 23.9 Å². The zero-order valence-corrected chi connectivity index (χ0v) is 19.3. The number of ether oxygens (including phenoxy) is 1. The third-order valence-electron chi connectivity index (χ3n) is 5.70. The van der Waals surface area contributed by atoms with Gasteiger partial charge in [-0.05, 0) is 48.7 Å². The van der Waals surface area contributed by atoms with Gasteiger partial charge < -0.3 is 25.6 Å². The summed E-state index contributed by atoms with van der Waals surface area (Å²) in [6, 6.07) is 15.1. The molecule has 0 unspecified atom stereocenters. The second-order valence-electron chi connectivity index (χ2n) is 8.16. The first kappa shape index (κ1) is 24.6. The van der Waals surface area contributed by atoms with Crippen LogP contribution < -0.4 is 20.7 Å². The number of methoxy groups -OCH3 is 1. The molecule has 1 fully saturated rings. The van der Waals surface area contributed by atoms with Crippen molar-refractivity contribution >= 4 is 23.5 Å². The van der Waals surface area contributed by atoms with Gasteiger partial charge in [0.15, 0.2) is 0 Å². The molecule has 9 nitrogen and oxygen atoms in total. The maximum absolute atomic E-state index is 13.0. The summed E-state index contributed by atoms with van der Waals surface area (Å²) in [4.78, 5) is 38.9. The number of piperidine rings is 1. The molecule has 1 heterocycles. The van der Waals surface area contributed by atoms with Crippen molar-refractivity contribution in [2.45, 2.75) is 38.3 Å². The van der Waals surface area contributed by atoms with Crippen LogP contribution in [0.2, 0.25) is 0 Å². The Bertz CT molecular complexity index is 1060. The van der Waals surface area contributed by atoms with E-state index in [1.165, 1.54) is 6.92 Å². The number of nitriles is 1. The minimum atomic E-state index is -0.730. The van der Waals surface area contributed by atoms with Crippen LogP contribution in [0.3, 0.4) is 0 Å². The molecular formula is C25H29N5O4. The number of hydrogen-bond donors (Lipinski definition) is 3. The Balaban J connectivity index is 1.53. The lowest BCUT2D eigenvalue weighted by atomic mass is 10.0. The normalized spacial score (nSPS) is 14.4. The molecular weight excluding hydrogens is 434 g/mol. The lowest BCUT2D eigenvalue weighted by Crippen LogP contribution is -2.53. The summed E-state index contributed by atoms with van der Waals surface area (Å²) in [7, 11) is 1.57. The zero-order valence-electron chi connectivity index (χ0n) is 19.3. The van der Waals surface area contributed by atoms with E-state index in [0.717, 1.165) is 5.56 Å². The molecule has 2 aromatic rings. The number of nitrogens with zero attached hydrogens (tertiary/aromatic N) is 2. The van der Waals surface area contributed by atoms with E-state index in [2.05, 4.69) is 16.0 Å². The molecule has 0 aromatic heterocycles. The number of anilines is 1. The number of likely N-dealkylation sites (tertiary alicyclic amines) is 1. The molecule has 0 aliphatic carbocycles. The fraction of sp³-hybridized carbons (Fsp3) is 0.360. The van der Waals surface area contributed by atoms with Crippen molar-refractivity contribution in [2.75, 3.05) is 25.5 Å². The number of carbonyl (C=O) groups excluding carboxylic acids is 3. The average Bonchev–Trinajstić information content (AvgIpc) is 2.84. The van der Waals surface area contributed by atoms with Crippen molar-refractivity contribution in [1.82, 2.24) is 15.5 Å². The van der Waals surface area contributed by atoms with E-state index in [9.17, 15) is 14.4 Å². The van der Waals surface area contributed by atoms with E-state index < -0.39 is 6.04 Å². The molecule has 3 N–H and O–H groups in total. The number of hydrogen-bond acceptors (Lipinski definition) is 5. The predicted molar refractivity (Wildman–Crippen MR) is 127 cm³/mol. The Morgan fingerprint density at radius 3 is 2.41 bits per heavy atom. The second-order valence-corrected chi connectivity index (χ2v) is 8.16. The summed E-state index contributed by atoms with van der Waals surface area (Å²) >= 11 is 0. The molecule has 2 aromatic carbocycles. The van der Waals surface area contributed by atoms with Gasteiger partial charge in [-0.3, -0.25) is 9.59 Å². The van der Waals surface area contributed by atoms with Crippen molar-refractivity contribution in [1.29, 1.82) is 5.26 Å². The van der Waals surface area contributed by atoms with Gasteiger partial charge in [-0.25, -0.2) is 4.79 Å². The van der Waals surface area contributed by atoms with Crippen LogP contribution in [0, 0.1) is 11.3 Å². The molecule has 3 rings (SSSR count). The van der Waals surface area contributed by atoms with Crippen molar-refractivity contribution in [3.63, 3.8) is 0 Å². The quantitative estimate of drug-likeness (QED) is 0.582. The van der Waals surface area contributed by atoms with Gasteiger partial charge >= 0.3 is 6.03 Å². The summed E-state index contributed by atoms with van der Waals surface area (Å²) in [6.07, 6.45) is 1.52. The second kappa shape index (κ2) is 11.7. The number of urea groups is 1. The van der Waals surface area contributed by atoms with Crippen LogP contribution in [-0.4, -0.2) is 55.0 Å². The Morgan fingerprint density at radius 1 is 1.12 bits per heavy atom. The average molecular weight is 464 g/mol. The van der Waals surface area contributed by atoms with E-state index in [1.807, 2.05) is 30.3 Å². The van der Waals surface area contributed by atoms with Gasteiger partial charge in [-0.15, -0.1) is 0 Å². The first-order valence-electron chi connectivity index (χ1n) is 11.1. The van der Waals surface area contributed by atoms with E-state index in [0.29, 0.717) is 49.4 Å². The summed E-state index contributed by atoms with van der Waals surface area (Å²) in [5.74, 6) is 0.109. The molecule has 4 amide bonds. The third kappa shape index (κ3) is 6.72. The van der Waals surface area contributed by atoms with Gasteiger partial charge in [0.25, 0.3) is 0 Å². The summed E-state index contributed by atoms with van der Waals surface area (Å²) in [6.45, 7) is 2.36. The van der Waals surface area contributed by atoms with Crippen LogP contribution in [0.15, 0.2) is 48.5 Å². The Labute approximate surface area is 199 Å². The molecule has 0 saturated carbocycles. The van der Waals surface area contributed by atoms with Gasteiger partial charge in [0.05, 0.1) is 18.7 Å². The highest BCUT2D eigenvalue weighted by molar-refractivity contribution is 5.89. The number of nitrogens with one attached hydrogen (secondary N) is 3. The van der Waals surface area contributed by atoms with Gasteiger partial charge in [0.1, 0.15) is 11.8 Å². The van der Waals surface area contributed by atoms with Crippen molar-refractivity contribution in [2.24, 2.45) is 0 Å². The van der Waals surface area contributed by atoms with Crippen LogP contribution in [0.4, 0.5) is 10.5 Å². The maximum atomic E-state index is 13.0. The molecule has 0 radical (unpaired) electrons. The first-order chi connectivity index (χ1) is 16.4. The molecule has 34 heavy (non-hydrogen) atoms. The van der Waals surface area contributed by atoms with Gasteiger partial charge in [-0.1, -0.05) is 18.2 Å². The minimum absolute atomic E-state index is 0.0969. The number of carbonyl (C=O) groups is 3. The fourth-order valence-corrected chi connectivity index (χ4v) is 3.91. The molecule has 1 aliphatic heterocycles. The molecule has 1 saturated heterocycles. The summed E-state index contributed by atoms with van der Waals surface area (Å²) in [5.41, 5.74) is 1.97. The van der Waals surface area contributed by atoms with E-state index >= 15 is 0 Å². The van der Waals surface area contributed by atoms with Crippen LogP contribution >= 0.6 is 0 Å². The number of rotatable bonds is 7. The molecule has 1 aliphatic rings. The third-order valence-corrected chi connectivity index (χ3v) is 5.70. The Morgan fingerprint density at radius 2 is 1.79 bits per heavy atom. The highest BCUT2D eigenvalue weighted by atomic mass is 16.5. The number of amides is 4. The summed E-state index contributed by atoms with van der Waals surface area (Å²) < 4.78 is 5.37. The highest BCUT2D eigenvalue weighted by Crippen LogP contribution is 2.20. The van der Waals surface area contributed by atoms with Crippen molar-refractivity contribution < 1.29 is 19.1 Å². The monoisotopic (exact) mass is 463 g/mol. The highest BCUT2D eigenvalue weighted by Gasteiger charge is 2.27. The van der Waals surface area contributed by atoms with Gasteiger partial charge in [0.2, 0.25) is 11.8 Å². The standard InChI is InChI=1S/C25H29N5O4/c1-17(31)27-22(15-19-5-3-4-6-23(19)34-2)24(32)28-21-11-13-30(14-12-21)25(33)29-20-9-7-18(16-26)8-10-20/h3-10,21-22H,11-15H2,1-2H3,(H,27,31)(H,28,32)(H,29,33)/t22-/m0/s1. The number of para-hydroxylation sites is 1. The smallest absolute Gasteiger partial charge is 0.321 e. The zero-order chi connectivity index (χ0) is 24.5. The van der Waals surface area contributed by atoms with Gasteiger partial charge in [-0.2, -0.15) is 5.26 Å². The van der Waals surface area contributed by atoms with Crippen LogP contribution in [0.25, 0.3) is 0 Å². The minimum Gasteiger partial charge on any atom is -0.496 e. The largest absolute Gasteiger partial charge is 0.496 e. The SMILES string of the molecule is COc1ccccc1C[C@H](NC(C)=O)C(=O)NC1CCN(C(=O)Nc2ccc(C#N)cc2)CC1. The van der Waals surface area contributed by atoms with Crippen LogP contribution in [0.5, 0.6) is 5.75 Å². The molecule has 9 heteroatoms. The van der Waals surface area contributed by atoms with Crippen LogP contribution in [0.1, 0.15) is 30.9 Å². The lowest BCUT2D eigenvalue weighted by Gasteiger charge is -2.33. The van der Waals surface area contributed by atoms with E-state index in [4.69, 9.17) is 10.00 Å². The summed E-state index contributed by atoms with van der Waals surface area (Å²) in [5, 5.41) is 17.5. The van der Waals surface area contributed by atoms with Crippen molar-refractivity contribution in [3.8, 4) is 11.8 Å². The Kier molecular flexibility index (Phi) is 8.46. The topological polar surface area (TPSA) is 124 Å². The fourth-order valence-electron chi connectivity index (χ4n) is 3.91. The first-order valence-corrected chi connectivity index (χ1v) is 11.1. The molecule has 0 spiro atoms. The van der Waals surface area contributed by atoms with Crippen molar-refractivity contribution in [3.05, 3.63) is 59.7 Å². The number of benzene rings is 2. The van der Waals surface area contributed by atoms with Gasteiger partial charge in [0, 0.05) is 38.2 Å². The maximum Gasteiger partial charge on any atom is 0.321 e. The Hall–Kier alpha value is -4.06. The predicted octanol–water partition coefficient (Wildman–Crippen LogP) is 2.43. The molecule has 0 bridgehead atoms.